The van der Waals surface area contributed by atoms with E-state index in [0.29, 0.717) is 0 Å². The van der Waals surface area contributed by atoms with E-state index >= 15 is 0 Å². The van der Waals surface area contributed by atoms with Crippen molar-refractivity contribution in [3.8, 4) is 0 Å². The van der Waals surface area contributed by atoms with Crippen molar-refractivity contribution in [2.75, 3.05) is 7.11 Å². The Morgan fingerprint density at radius 3 is 1.62 bits per heavy atom. The fourth-order valence-corrected chi connectivity index (χ4v) is 15.4. The quantitative estimate of drug-likeness (QED) is 0.242. The fourth-order valence-electron chi connectivity index (χ4n) is 2.19. The molecule has 2 aliphatic rings. The van der Waals surface area contributed by atoms with Gasteiger partial charge in [-0.25, -0.2) is 0 Å². The van der Waals surface area contributed by atoms with Crippen LogP contribution in [0.3, 0.4) is 0 Å². The summed E-state index contributed by atoms with van der Waals surface area (Å²) in [4.78, 5) is 51.2. The monoisotopic (exact) mass is 470 g/mol. The van der Waals surface area contributed by atoms with Gasteiger partial charge in [0, 0.05) is 20.2 Å². The van der Waals surface area contributed by atoms with Crippen molar-refractivity contribution in [3.05, 3.63) is 0 Å². The second-order valence-corrected chi connectivity index (χ2v) is 16.9. The van der Waals surface area contributed by atoms with Crippen LogP contribution in [0, 0.1) is 0 Å². The molecule has 0 aliphatic carbocycles. The lowest BCUT2D eigenvalue weighted by Crippen LogP contribution is -2.75. The number of hydrogen-bond acceptors (Lipinski definition) is 14. The highest BCUT2D eigenvalue weighted by molar-refractivity contribution is 6.83. The molecule has 0 bridgehead atoms. The smallest absolute Gasteiger partial charge is 0.390 e. The van der Waals surface area contributed by atoms with E-state index in [4.69, 9.17) is 38.6 Å². The molecule has 0 aromatic rings. The lowest BCUT2D eigenvalue weighted by atomic mass is 10.8. The molecule has 154 valence electrons. The van der Waals surface area contributed by atoms with Crippen LogP contribution in [0.15, 0.2) is 0 Å². The first-order valence-corrected chi connectivity index (χ1v) is 16.8. The van der Waals surface area contributed by atoms with Gasteiger partial charge in [0.05, 0.1) is 0 Å². The van der Waals surface area contributed by atoms with Gasteiger partial charge in [0.15, 0.2) is 0 Å². The van der Waals surface area contributed by atoms with E-state index in [0.717, 1.165) is 20.2 Å². The zero-order valence-electron chi connectivity index (χ0n) is 14.6. The molecule has 0 aromatic heterocycles. The van der Waals surface area contributed by atoms with Gasteiger partial charge in [0.25, 0.3) is 0 Å². The lowest BCUT2D eigenvalue weighted by Gasteiger charge is -2.44. The Morgan fingerprint density at radius 1 is 0.692 bits per heavy atom. The summed E-state index contributed by atoms with van der Waals surface area (Å²) in [5.74, 6) is 0. The van der Waals surface area contributed by atoms with E-state index in [1.54, 1.807) is 0 Å². The van der Waals surface area contributed by atoms with Crippen molar-refractivity contribution in [2.24, 2.45) is 0 Å². The SMILES string of the molecule is CO[Si]1(O)OC(C)O[Si](C)(O)O[Si]2(O[Si](C)(O)OC(C)O[Si](O)(O)O2)O1. The Labute approximate surface area is 154 Å². The maximum absolute atomic E-state index is 10.4. The molecule has 19 heteroatoms. The minimum Gasteiger partial charge on any atom is -0.390 e. The second-order valence-electron chi connectivity index (χ2n) is 5.59. The largest absolute Gasteiger partial charge is 0.672 e. The van der Waals surface area contributed by atoms with E-state index in [1.807, 2.05) is 0 Å². The maximum Gasteiger partial charge on any atom is 0.672 e. The van der Waals surface area contributed by atoms with E-state index in [1.165, 1.54) is 13.8 Å². The zero-order chi connectivity index (χ0) is 20.0. The molecule has 0 radical (unpaired) electrons. The zero-order valence-corrected chi connectivity index (χ0v) is 19.6. The summed E-state index contributed by atoms with van der Waals surface area (Å²) in [6.07, 6.45) is -2.51. The molecule has 2 saturated heterocycles. The highest BCUT2D eigenvalue weighted by Gasteiger charge is 2.71. The third kappa shape index (κ3) is 6.01. The highest BCUT2D eigenvalue weighted by Crippen LogP contribution is 2.33. The van der Waals surface area contributed by atoms with Crippen molar-refractivity contribution in [3.63, 3.8) is 0 Å². The van der Waals surface area contributed by atoms with Crippen LogP contribution in [-0.2, 0) is 38.6 Å². The third-order valence-corrected chi connectivity index (χ3v) is 15.3. The molecule has 1 spiro atoms. The normalized spacial score (nSPS) is 50.5. The van der Waals surface area contributed by atoms with Gasteiger partial charge in [-0.2, -0.15) is 0 Å². The summed E-state index contributed by atoms with van der Waals surface area (Å²) >= 11 is 0. The van der Waals surface area contributed by atoms with Gasteiger partial charge in [0.1, 0.15) is 12.6 Å². The highest BCUT2D eigenvalue weighted by atomic mass is 28.6. The molecule has 5 N–H and O–H groups in total. The molecule has 6 atom stereocenters. The Hall–Kier alpha value is 0.524. The first kappa shape index (κ1) is 22.8. The number of hydrogen-bond donors (Lipinski definition) is 5. The van der Waals surface area contributed by atoms with Gasteiger partial charge in [-0.1, -0.05) is 0 Å². The van der Waals surface area contributed by atoms with Crippen molar-refractivity contribution >= 4 is 44.8 Å². The molecule has 0 amide bonds. The van der Waals surface area contributed by atoms with Crippen LogP contribution in [0.5, 0.6) is 0 Å². The standard InChI is InChI=1S/C7H22O14Si5/c1-6-14-22(4,8)18-26(20-24(10,11)16-6)19-23(5,9)15-7(2)17-25(12,13-3)21-26/h6-12H,1-5H3. The molecule has 14 nitrogen and oxygen atoms in total. The van der Waals surface area contributed by atoms with Gasteiger partial charge in [-0.05, 0) is 13.8 Å². The minimum atomic E-state index is -5.02. The summed E-state index contributed by atoms with van der Waals surface area (Å²) in [5.41, 5.74) is 0. The molecule has 2 fully saturated rings. The first-order valence-electron chi connectivity index (χ1n) is 7.28. The third-order valence-electron chi connectivity index (χ3n) is 2.80. The van der Waals surface area contributed by atoms with E-state index in [2.05, 4.69) is 0 Å². The Bertz CT molecular complexity index is 481. The van der Waals surface area contributed by atoms with Crippen molar-refractivity contribution < 1.29 is 62.6 Å². The van der Waals surface area contributed by atoms with Gasteiger partial charge >= 0.3 is 44.8 Å². The molecule has 2 heterocycles. The number of rotatable bonds is 1. The van der Waals surface area contributed by atoms with Crippen LogP contribution in [0.25, 0.3) is 0 Å². The summed E-state index contributed by atoms with van der Waals surface area (Å²) in [5, 5.41) is 0. The van der Waals surface area contributed by atoms with Crippen LogP contribution >= 0.6 is 0 Å². The topological polar surface area (TPSA) is 184 Å². The first-order chi connectivity index (χ1) is 11.6. The molecule has 0 aromatic carbocycles. The molecular weight excluding hydrogens is 448 g/mol. The summed E-state index contributed by atoms with van der Waals surface area (Å²) in [7, 11) is -21.8. The van der Waals surface area contributed by atoms with E-state index in [9.17, 15) is 24.0 Å². The van der Waals surface area contributed by atoms with Gasteiger partial charge < -0.3 is 62.6 Å². The second kappa shape index (κ2) is 7.41. The predicted octanol–water partition coefficient (Wildman–Crippen LogP) is -3.11. The maximum atomic E-state index is 10.4. The fraction of sp³-hybridized carbons (Fsp3) is 1.00. The van der Waals surface area contributed by atoms with Gasteiger partial charge in [0.2, 0.25) is 0 Å². The Morgan fingerprint density at radius 2 is 1.15 bits per heavy atom. The van der Waals surface area contributed by atoms with Crippen LogP contribution in [-0.4, -0.2) is 88.4 Å². The van der Waals surface area contributed by atoms with E-state index < -0.39 is 57.3 Å². The van der Waals surface area contributed by atoms with Crippen LogP contribution in [0.1, 0.15) is 13.8 Å². The summed E-state index contributed by atoms with van der Waals surface area (Å²) in [6, 6.07) is 0. The van der Waals surface area contributed by atoms with E-state index in [-0.39, 0.29) is 0 Å². The Kier molecular flexibility index (Phi) is 6.50. The van der Waals surface area contributed by atoms with Gasteiger partial charge in [-0.15, -0.1) is 0 Å². The summed E-state index contributed by atoms with van der Waals surface area (Å²) in [6.45, 7) is 4.86. The molecular formula is C7H22O14Si5. The molecule has 2 rings (SSSR count). The molecule has 26 heavy (non-hydrogen) atoms. The van der Waals surface area contributed by atoms with Crippen molar-refractivity contribution in [1.82, 2.24) is 0 Å². The van der Waals surface area contributed by atoms with Gasteiger partial charge in [-0.3, -0.25) is 0 Å². The molecule has 6 unspecified atom stereocenters. The average molecular weight is 471 g/mol. The predicted molar refractivity (Wildman–Crippen MR) is 86.2 cm³/mol. The lowest BCUT2D eigenvalue weighted by molar-refractivity contribution is -0.143. The average Bonchev–Trinajstić information content (AvgIpc) is 2.29. The van der Waals surface area contributed by atoms with Crippen LogP contribution in [0.4, 0.5) is 0 Å². The molecule has 2 aliphatic heterocycles. The summed E-state index contributed by atoms with van der Waals surface area (Å²) < 4.78 is 45.9. The minimum absolute atomic E-state index is 1.04. The molecule has 0 saturated carbocycles. The Balaban J connectivity index is 2.49. The van der Waals surface area contributed by atoms with Crippen LogP contribution < -0.4 is 0 Å². The van der Waals surface area contributed by atoms with Crippen molar-refractivity contribution in [2.45, 2.75) is 39.5 Å². The van der Waals surface area contributed by atoms with Crippen molar-refractivity contribution in [1.29, 1.82) is 0 Å². The van der Waals surface area contributed by atoms with Crippen LogP contribution in [0.2, 0.25) is 13.1 Å².